The van der Waals surface area contributed by atoms with Gasteiger partial charge in [0.05, 0.1) is 6.20 Å². The van der Waals surface area contributed by atoms with Crippen molar-refractivity contribution < 1.29 is 8.42 Å². The lowest BCUT2D eigenvalue weighted by Crippen LogP contribution is -2.14. The van der Waals surface area contributed by atoms with Gasteiger partial charge in [0.1, 0.15) is 4.90 Å². The fourth-order valence-corrected chi connectivity index (χ4v) is 4.05. The molecule has 1 aromatic carbocycles. The summed E-state index contributed by atoms with van der Waals surface area (Å²) in [6.07, 6.45) is 4.23. The molecule has 19 heavy (non-hydrogen) atoms. The summed E-state index contributed by atoms with van der Waals surface area (Å²) in [4.78, 5) is 7.82. The summed E-state index contributed by atoms with van der Waals surface area (Å²) < 4.78 is 28.1. The predicted molar refractivity (Wildman–Crippen MR) is 79.4 cm³/mol. The van der Waals surface area contributed by atoms with Crippen molar-refractivity contribution in [3.05, 3.63) is 45.2 Å². The van der Waals surface area contributed by atoms with E-state index in [1.165, 1.54) is 24.7 Å². The molecule has 1 heterocycles. The lowest BCUT2D eigenvalue weighted by Gasteiger charge is -2.10. The minimum atomic E-state index is -3.71. The first-order valence-electron chi connectivity index (χ1n) is 5.14. The Morgan fingerprint density at radius 3 is 2.53 bits per heavy atom. The zero-order valence-corrected chi connectivity index (χ0v) is 13.8. The zero-order chi connectivity index (χ0) is 14.0. The van der Waals surface area contributed by atoms with E-state index in [1.807, 2.05) is 6.92 Å². The van der Waals surface area contributed by atoms with Crippen LogP contribution in [0.2, 0.25) is 0 Å². The fourth-order valence-electron chi connectivity index (χ4n) is 1.38. The second kappa shape index (κ2) is 5.56. The standard InChI is InChI=1S/C11H9Br2N3O2S/c1-7-4-9(13)10(5-8(7)12)19(17,18)16-11-6-14-2-3-15-11/h2-6H,1H3,(H,15,16). The lowest BCUT2D eigenvalue weighted by molar-refractivity contribution is 0.600. The molecule has 2 rings (SSSR count). The minimum Gasteiger partial charge on any atom is -0.262 e. The maximum Gasteiger partial charge on any atom is 0.264 e. The van der Waals surface area contributed by atoms with Gasteiger partial charge in [0, 0.05) is 21.3 Å². The molecule has 0 amide bonds. The smallest absolute Gasteiger partial charge is 0.262 e. The molecule has 0 saturated carbocycles. The van der Waals surface area contributed by atoms with Gasteiger partial charge in [-0.1, -0.05) is 15.9 Å². The number of halogens is 2. The van der Waals surface area contributed by atoms with E-state index in [0.29, 0.717) is 4.47 Å². The summed E-state index contributed by atoms with van der Waals surface area (Å²) in [6.45, 7) is 1.88. The number of anilines is 1. The number of hydrogen-bond acceptors (Lipinski definition) is 4. The van der Waals surface area contributed by atoms with E-state index in [0.717, 1.165) is 10.0 Å². The van der Waals surface area contributed by atoms with Crippen LogP contribution in [0.1, 0.15) is 5.56 Å². The average Bonchev–Trinajstić information content (AvgIpc) is 2.34. The molecule has 5 nitrogen and oxygen atoms in total. The van der Waals surface area contributed by atoms with Gasteiger partial charge in [-0.15, -0.1) is 0 Å². The van der Waals surface area contributed by atoms with E-state index >= 15 is 0 Å². The lowest BCUT2D eigenvalue weighted by atomic mass is 10.2. The van der Waals surface area contributed by atoms with Crippen LogP contribution < -0.4 is 4.72 Å². The summed E-state index contributed by atoms with van der Waals surface area (Å²) in [6, 6.07) is 3.27. The van der Waals surface area contributed by atoms with E-state index in [4.69, 9.17) is 0 Å². The van der Waals surface area contributed by atoms with Gasteiger partial charge in [0.15, 0.2) is 5.82 Å². The molecule has 0 bridgehead atoms. The number of nitrogens with one attached hydrogen (secondary N) is 1. The topological polar surface area (TPSA) is 72.0 Å². The number of nitrogens with zero attached hydrogens (tertiary/aromatic N) is 2. The van der Waals surface area contributed by atoms with Crippen LogP contribution in [-0.2, 0) is 10.0 Å². The Balaban J connectivity index is 2.43. The molecular weight excluding hydrogens is 398 g/mol. The van der Waals surface area contributed by atoms with Gasteiger partial charge in [-0.25, -0.2) is 13.4 Å². The average molecular weight is 407 g/mol. The summed E-state index contributed by atoms with van der Waals surface area (Å²) in [7, 11) is -3.71. The van der Waals surface area contributed by atoms with Gasteiger partial charge >= 0.3 is 0 Å². The number of aromatic nitrogens is 2. The molecule has 8 heteroatoms. The van der Waals surface area contributed by atoms with Crippen molar-refractivity contribution in [3.8, 4) is 0 Å². The van der Waals surface area contributed by atoms with Crippen LogP contribution in [-0.4, -0.2) is 18.4 Å². The van der Waals surface area contributed by atoms with Crippen LogP contribution in [0, 0.1) is 6.92 Å². The molecule has 1 N–H and O–H groups in total. The number of aryl methyl sites for hydroxylation is 1. The third-order valence-corrected chi connectivity index (χ3v) is 5.47. The molecule has 0 unspecified atom stereocenters. The third-order valence-electron chi connectivity index (χ3n) is 2.30. The van der Waals surface area contributed by atoms with Gasteiger partial charge < -0.3 is 0 Å². The van der Waals surface area contributed by atoms with Crippen LogP contribution in [0.5, 0.6) is 0 Å². The summed E-state index contributed by atoms with van der Waals surface area (Å²) in [5.74, 6) is 0.172. The Morgan fingerprint density at radius 2 is 1.89 bits per heavy atom. The quantitative estimate of drug-likeness (QED) is 0.849. The van der Waals surface area contributed by atoms with Crippen molar-refractivity contribution in [2.45, 2.75) is 11.8 Å². The molecule has 1 aromatic heterocycles. The van der Waals surface area contributed by atoms with Crippen molar-refractivity contribution in [2.75, 3.05) is 4.72 Å². The number of benzene rings is 1. The van der Waals surface area contributed by atoms with Crippen molar-refractivity contribution in [3.63, 3.8) is 0 Å². The normalized spacial score (nSPS) is 11.3. The Hall–Kier alpha value is -0.990. The molecule has 0 aliphatic carbocycles. The molecule has 2 aromatic rings. The molecule has 0 atom stereocenters. The van der Waals surface area contributed by atoms with Crippen LogP contribution in [0.4, 0.5) is 5.82 Å². The first kappa shape index (κ1) is 14.4. The monoisotopic (exact) mass is 405 g/mol. The Bertz CT molecular complexity index is 705. The van der Waals surface area contributed by atoms with E-state index < -0.39 is 10.0 Å². The van der Waals surface area contributed by atoms with E-state index in [1.54, 1.807) is 6.07 Å². The summed E-state index contributed by atoms with van der Waals surface area (Å²) in [5, 5.41) is 0. The first-order valence-corrected chi connectivity index (χ1v) is 8.21. The second-order valence-electron chi connectivity index (χ2n) is 3.73. The molecule has 0 aliphatic rings. The molecule has 0 fully saturated rings. The highest BCUT2D eigenvalue weighted by Crippen LogP contribution is 2.29. The van der Waals surface area contributed by atoms with Crippen molar-refractivity contribution in [1.82, 2.24) is 9.97 Å². The Labute approximate surface area is 127 Å². The highest BCUT2D eigenvalue weighted by molar-refractivity contribution is 9.11. The minimum absolute atomic E-state index is 0.135. The van der Waals surface area contributed by atoms with Crippen LogP contribution >= 0.6 is 31.9 Å². The molecule has 0 radical (unpaired) electrons. The Kier molecular flexibility index (Phi) is 4.22. The van der Waals surface area contributed by atoms with Gasteiger partial charge in [-0.05, 0) is 40.5 Å². The SMILES string of the molecule is Cc1cc(Br)c(S(=O)(=O)Nc2cnccn2)cc1Br. The van der Waals surface area contributed by atoms with Gasteiger partial charge in [0.2, 0.25) is 0 Å². The van der Waals surface area contributed by atoms with Gasteiger partial charge in [0.25, 0.3) is 10.0 Å². The molecule has 0 spiro atoms. The molecule has 0 aliphatic heterocycles. The Morgan fingerprint density at radius 1 is 1.16 bits per heavy atom. The first-order chi connectivity index (χ1) is 8.90. The molecular formula is C11H9Br2N3O2S. The number of rotatable bonds is 3. The van der Waals surface area contributed by atoms with E-state index in [2.05, 4.69) is 46.5 Å². The number of hydrogen-bond donors (Lipinski definition) is 1. The summed E-state index contributed by atoms with van der Waals surface area (Å²) >= 11 is 6.57. The van der Waals surface area contributed by atoms with Crippen LogP contribution in [0.15, 0.2) is 44.6 Å². The van der Waals surface area contributed by atoms with Crippen molar-refractivity contribution in [2.24, 2.45) is 0 Å². The van der Waals surface area contributed by atoms with E-state index in [-0.39, 0.29) is 10.7 Å². The van der Waals surface area contributed by atoms with Gasteiger partial charge in [-0.2, -0.15) is 0 Å². The largest absolute Gasteiger partial charge is 0.264 e. The maximum absolute atomic E-state index is 12.3. The highest BCUT2D eigenvalue weighted by Gasteiger charge is 2.19. The predicted octanol–water partition coefficient (Wildman–Crippen LogP) is 3.11. The van der Waals surface area contributed by atoms with Crippen LogP contribution in [0.25, 0.3) is 0 Å². The fraction of sp³-hybridized carbons (Fsp3) is 0.0909. The zero-order valence-electron chi connectivity index (χ0n) is 9.76. The molecule has 100 valence electrons. The summed E-state index contributed by atoms with van der Waals surface area (Å²) in [5.41, 5.74) is 0.935. The third kappa shape index (κ3) is 3.31. The van der Waals surface area contributed by atoms with Crippen molar-refractivity contribution >= 4 is 47.7 Å². The van der Waals surface area contributed by atoms with Crippen molar-refractivity contribution in [1.29, 1.82) is 0 Å². The number of sulfonamides is 1. The maximum atomic E-state index is 12.3. The second-order valence-corrected chi connectivity index (χ2v) is 7.09. The van der Waals surface area contributed by atoms with Gasteiger partial charge in [-0.3, -0.25) is 9.71 Å². The van der Waals surface area contributed by atoms with E-state index in [9.17, 15) is 8.42 Å². The molecule has 0 saturated heterocycles. The van der Waals surface area contributed by atoms with Crippen LogP contribution in [0.3, 0.4) is 0 Å². The highest BCUT2D eigenvalue weighted by atomic mass is 79.9.